The van der Waals surface area contributed by atoms with Crippen molar-refractivity contribution in [3.05, 3.63) is 63.4 Å². The molecule has 0 aliphatic carbocycles. The lowest BCUT2D eigenvalue weighted by Crippen LogP contribution is -2.09. The second kappa shape index (κ2) is 4.60. The highest BCUT2D eigenvalue weighted by molar-refractivity contribution is 5.94. The second-order valence-electron chi connectivity index (χ2n) is 5.20. The molecule has 0 fully saturated rings. The lowest BCUT2D eigenvalue weighted by atomic mass is 9.96. The first-order valence-electron chi connectivity index (χ1n) is 6.63. The monoisotopic (exact) mass is 264 g/mol. The number of hydrogen-bond acceptors (Lipinski definition) is 2. The van der Waals surface area contributed by atoms with Gasteiger partial charge in [-0.1, -0.05) is 24.3 Å². The Morgan fingerprint density at radius 3 is 2.30 bits per heavy atom. The van der Waals surface area contributed by atoms with E-state index in [4.69, 9.17) is 0 Å². The Labute approximate surface area is 117 Å². The van der Waals surface area contributed by atoms with Gasteiger partial charge in [0.25, 0.3) is 5.56 Å². The van der Waals surface area contributed by atoms with Gasteiger partial charge in [-0.2, -0.15) is 5.10 Å². The molecule has 0 aliphatic rings. The molecule has 3 rings (SSSR count). The van der Waals surface area contributed by atoms with Crippen LogP contribution in [0.1, 0.15) is 16.7 Å². The molecule has 0 atom stereocenters. The Balaban J connectivity index is 2.39. The van der Waals surface area contributed by atoms with Crippen LogP contribution in [0.2, 0.25) is 0 Å². The molecule has 100 valence electrons. The predicted molar refractivity (Wildman–Crippen MR) is 82.0 cm³/mol. The Bertz CT molecular complexity index is 862. The van der Waals surface area contributed by atoms with Crippen molar-refractivity contribution in [2.45, 2.75) is 20.8 Å². The molecule has 20 heavy (non-hydrogen) atoms. The molecule has 0 unspecified atom stereocenters. The fourth-order valence-electron chi connectivity index (χ4n) is 2.54. The first-order valence-corrected chi connectivity index (χ1v) is 6.63. The van der Waals surface area contributed by atoms with Gasteiger partial charge in [-0.05, 0) is 49.6 Å². The summed E-state index contributed by atoms with van der Waals surface area (Å²) in [6.45, 7) is 6.26. The zero-order valence-electron chi connectivity index (χ0n) is 11.8. The van der Waals surface area contributed by atoms with Crippen molar-refractivity contribution in [3.63, 3.8) is 0 Å². The van der Waals surface area contributed by atoms with Crippen LogP contribution in [0.3, 0.4) is 0 Å². The van der Waals surface area contributed by atoms with E-state index in [9.17, 15) is 4.79 Å². The van der Waals surface area contributed by atoms with Crippen molar-refractivity contribution >= 4 is 10.8 Å². The van der Waals surface area contributed by atoms with Crippen LogP contribution >= 0.6 is 0 Å². The Kier molecular flexibility index (Phi) is 2.90. The predicted octanol–water partition coefficient (Wildman–Crippen LogP) is 3.52. The van der Waals surface area contributed by atoms with E-state index in [-0.39, 0.29) is 5.56 Å². The molecule has 1 heterocycles. The van der Waals surface area contributed by atoms with Gasteiger partial charge in [-0.25, -0.2) is 5.10 Å². The van der Waals surface area contributed by atoms with Gasteiger partial charge in [-0.15, -0.1) is 0 Å². The summed E-state index contributed by atoms with van der Waals surface area (Å²) in [5.41, 5.74) is 5.41. The number of H-pyrrole nitrogens is 1. The van der Waals surface area contributed by atoms with Gasteiger partial charge in [-0.3, -0.25) is 4.79 Å². The lowest BCUT2D eigenvalue weighted by Gasteiger charge is -2.11. The maximum absolute atomic E-state index is 11.9. The van der Waals surface area contributed by atoms with E-state index in [1.54, 1.807) is 0 Å². The lowest BCUT2D eigenvalue weighted by molar-refractivity contribution is 1.01. The molecular formula is C17H16N2O. The molecule has 0 saturated heterocycles. The number of benzene rings is 2. The summed E-state index contributed by atoms with van der Waals surface area (Å²) in [4.78, 5) is 11.9. The number of aromatic amines is 1. The van der Waals surface area contributed by atoms with Gasteiger partial charge in [0.1, 0.15) is 0 Å². The van der Waals surface area contributed by atoms with E-state index in [1.165, 1.54) is 11.1 Å². The molecule has 3 aromatic rings. The van der Waals surface area contributed by atoms with Crippen LogP contribution < -0.4 is 5.56 Å². The van der Waals surface area contributed by atoms with Crippen molar-refractivity contribution in [1.82, 2.24) is 10.2 Å². The van der Waals surface area contributed by atoms with E-state index in [2.05, 4.69) is 43.1 Å². The minimum atomic E-state index is -0.147. The van der Waals surface area contributed by atoms with E-state index in [0.29, 0.717) is 5.39 Å². The topological polar surface area (TPSA) is 45.8 Å². The third-order valence-corrected chi connectivity index (χ3v) is 3.79. The molecular weight excluding hydrogens is 248 g/mol. The van der Waals surface area contributed by atoms with Gasteiger partial charge < -0.3 is 0 Å². The summed E-state index contributed by atoms with van der Waals surface area (Å²) in [7, 11) is 0. The molecule has 0 saturated carbocycles. The van der Waals surface area contributed by atoms with E-state index >= 15 is 0 Å². The summed E-state index contributed by atoms with van der Waals surface area (Å²) >= 11 is 0. The Morgan fingerprint density at radius 1 is 0.900 bits per heavy atom. The number of aryl methyl sites for hydroxylation is 3. The first-order chi connectivity index (χ1) is 9.58. The SMILES string of the molecule is Cc1cc(C)c(-c2n[nH]c(=O)c3ccccc23)cc1C. The number of rotatable bonds is 1. The fourth-order valence-corrected chi connectivity index (χ4v) is 2.54. The smallest absolute Gasteiger partial charge is 0.267 e. The zero-order valence-corrected chi connectivity index (χ0v) is 11.8. The van der Waals surface area contributed by atoms with Gasteiger partial charge in [0.05, 0.1) is 11.1 Å². The van der Waals surface area contributed by atoms with Crippen molar-refractivity contribution in [3.8, 4) is 11.3 Å². The average molecular weight is 264 g/mol. The highest BCUT2D eigenvalue weighted by atomic mass is 16.1. The maximum Gasteiger partial charge on any atom is 0.272 e. The number of aromatic nitrogens is 2. The normalized spacial score (nSPS) is 10.9. The van der Waals surface area contributed by atoms with E-state index in [0.717, 1.165) is 22.2 Å². The van der Waals surface area contributed by atoms with Crippen molar-refractivity contribution in [2.24, 2.45) is 0 Å². The molecule has 1 aromatic heterocycles. The molecule has 0 amide bonds. The van der Waals surface area contributed by atoms with Crippen LogP contribution in [0, 0.1) is 20.8 Å². The summed E-state index contributed by atoms with van der Waals surface area (Å²) in [6.07, 6.45) is 0. The third-order valence-electron chi connectivity index (χ3n) is 3.79. The quantitative estimate of drug-likeness (QED) is 0.731. The van der Waals surface area contributed by atoms with Crippen molar-refractivity contribution < 1.29 is 0 Å². The molecule has 1 N–H and O–H groups in total. The minimum Gasteiger partial charge on any atom is -0.267 e. The molecule has 3 nitrogen and oxygen atoms in total. The Hall–Kier alpha value is -2.42. The summed E-state index contributed by atoms with van der Waals surface area (Å²) in [6, 6.07) is 11.9. The maximum atomic E-state index is 11.9. The highest BCUT2D eigenvalue weighted by Gasteiger charge is 2.11. The van der Waals surface area contributed by atoms with Gasteiger partial charge in [0.2, 0.25) is 0 Å². The number of nitrogens with zero attached hydrogens (tertiary/aromatic N) is 1. The average Bonchev–Trinajstić information content (AvgIpc) is 2.44. The highest BCUT2D eigenvalue weighted by Crippen LogP contribution is 2.28. The van der Waals surface area contributed by atoms with Crippen molar-refractivity contribution in [1.29, 1.82) is 0 Å². The van der Waals surface area contributed by atoms with Crippen molar-refractivity contribution in [2.75, 3.05) is 0 Å². The largest absolute Gasteiger partial charge is 0.272 e. The molecule has 0 bridgehead atoms. The van der Waals surface area contributed by atoms with E-state index < -0.39 is 0 Å². The van der Waals surface area contributed by atoms with Gasteiger partial charge in [0, 0.05) is 10.9 Å². The van der Waals surface area contributed by atoms with Crippen LogP contribution in [0.15, 0.2) is 41.2 Å². The summed E-state index contributed by atoms with van der Waals surface area (Å²) < 4.78 is 0. The standard InChI is InChI=1S/C17H16N2O/c1-10-8-12(3)15(9-11(10)2)16-13-6-4-5-7-14(13)17(20)19-18-16/h4-9H,1-3H3,(H,19,20). The third kappa shape index (κ3) is 1.92. The fraction of sp³-hybridized carbons (Fsp3) is 0.176. The minimum absolute atomic E-state index is 0.147. The number of nitrogens with one attached hydrogen (secondary N) is 1. The van der Waals surface area contributed by atoms with Crippen LogP contribution in [-0.4, -0.2) is 10.2 Å². The molecule has 0 aliphatic heterocycles. The number of fused-ring (bicyclic) bond motifs is 1. The van der Waals surface area contributed by atoms with Crippen LogP contribution in [0.4, 0.5) is 0 Å². The van der Waals surface area contributed by atoms with Gasteiger partial charge >= 0.3 is 0 Å². The Morgan fingerprint density at radius 2 is 1.55 bits per heavy atom. The summed E-state index contributed by atoms with van der Waals surface area (Å²) in [5.74, 6) is 0. The zero-order chi connectivity index (χ0) is 14.3. The second-order valence-corrected chi connectivity index (χ2v) is 5.20. The molecule has 0 spiro atoms. The molecule has 2 aromatic carbocycles. The summed E-state index contributed by atoms with van der Waals surface area (Å²) in [5, 5.41) is 8.44. The van der Waals surface area contributed by atoms with Crippen LogP contribution in [-0.2, 0) is 0 Å². The molecule has 3 heteroatoms. The van der Waals surface area contributed by atoms with Crippen LogP contribution in [0.25, 0.3) is 22.0 Å². The van der Waals surface area contributed by atoms with E-state index in [1.807, 2.05) is 24.3 Å². The molecule has 0 radical (unpaired) electrons. The number of hydrogen-bond donors (Lipinski definition) is 1. The van der Waals surface area contributed by atoms with Crippen LogP contribution in [0.5, 0.6) is 0 Å². The van der Waals surface area contributed by atoms with Gasteiger partial charge in [0.15, 0.2) is 0 Å². The first kappa shape index (κ1) is 12.6.